The van der Waals surface area contributed by atoms with E-state index in [-0.39, 0.29) is 22.3 Å². The molecule has 0 aromatic heterocycles. The first-order chi connectivity index (χ1) is 7.84. The van der Waals surface area contributed by atoms with Crippen LogP contribution in [-0.4, -0.2) is 16.5 Å². The van der Waals surface area contributed by atoms with Crippen LogP contribution in [-0.2, 0) is 9.59 Å². The number of nitro benzene ring substituents is 1. The Morgan fingerprint density at radius 2 is 1.82 bits per heavy atom. The lowest BCUT2D eigenvalue weighted by Gasteiger charge is -2.11. The topological polar surface area (TPSA) is 77.3 Å². The second-order valence-electron chi connectivity index (χ2n) is 3.62. The number of carbonyl (C=O) groups is 2. The third kappa shape index (κ3) is 2.88. The van der Waals surface area contributed by atoms with Crippen LogP contribution in [0.4, 0.5) is 5.69 Å². The molecule has 0 fully saturated rings. The molecule has 0 saturated heterocycles. The van der Waals surface area contributed by atoms with E-state index in [0.717, 1.165) is 6.07 Å². The monoisotopic (exact) mass is 255 g/mol. The van der Waals surface area contributed by atoms with Crippen LogP contribution in [0.5, 0.6) is 0 Å². The summed E-state index contributed by atoms with van der Waals surface area (Å²) >= 11 is 5.85. The van der Waals surface area contributed by atoms with Gasteiger partial charge in [-0.1, -0.05) is 11.6 Å². The lowest BCUT2D eigenvalue weighted by Crippen LogP contribution is -2.17. The molecule has 0 spiro atoms. The Balaban J connectivity index is 3.27. The summed E-state index contributed by atoms with van der Waals surface area (Å²) in [5, 5.41) is 10.6. The van der Waals surface area contributed by atoms with Crippen LogP contribution in [0.1, 0.15) is 25.3 Å². The zero-order chi connectivity index (χ0) is 13.2. The Hall–Kier alpha value is -1.75. The van der Waals surface area contributed by atoms with Crippen molar-refractivity contribution >= 4 is 28.9 Å². The molecule has 0 N–H and O–H groups in total. The van der Waals surface area contributed by atoms with Gasteiger partial charge in [0.15, 0.2) is 0 Å². The Kier molecular flexibility index (Phi) is 3.96. The van der Waals surface area contributed by atoms with E-state index >= 15 is 0 Å². The summed E-state index contributed by atoms with van der Waals surface area (Å²) in [6.07, 6.45) is 0. The van der Waals surface area contributed by atoms with Gasteiger partial charge in [-0.05, 0) is 25.5 Å². The van der Waals surface area contributed by atoms with Crippen LogP contribution in [0.25, 0.3) is 0 Å². The van der Waals surface area contributed by atoms with E-state index in [1.165, 1.54) is 26.0 Å². The quantitative estimate of drug-likeness (QED) is 0.470. The fraction of sp³-hybridized carbons (Fsp3) is 0.273. The molecule has 0 bridgehead atoms. The minimum atomic E-state index is -0.955. The molecule has 0 heterocycles. The second-order valence-corrected chi connectivity index (χ2v) is 4.02. The zero-order valence-corrected chi connectivity index (χ0v) is 10.0. The van der Waals surface area contributed by atoms with Crippen molar-refractivity contribution in [1.29, 1.82) is 0 Å². The summed E-state index contributed by atoms with van der Waals surface area (Å²) < 4.78 is 0. The first-order valence-corrected chi connectivity index (χ1v) is 5.17. The van der Waals surface area contributed by atoms with E-state index in [9.17, 15) is 19.7 Å². The molecule has 1 aromatic carbocycles. The number of hydrogen-bond donors (Lipinski definition) is 0. The molecule has 0 aliphatic rings. The summed E-state index contributed by atoms with van der Waals surface area (Å²) in [4.78, 5) is 32.6. The summed E-state index contributed by atoms with van der Waals surface area (Å²) in [7, 11) is 0. The number of Topliss-reactive ketones (excluding diaryl/α,β-unsaturated/α-hetero) is 2. The highest BCUT2D eigenvalue weighted by atomic mass is 35.5. The number of nitro groups is 1. The lowest BCUT2D eigenvalue weighted by molar-refractivity contribution is -0.384. The van der Waals surface area contributed by atoms with Crippen molar-refractivity contribution in [2.45, 2.75) is 19.8 Å². The lowest BCUT2D eigenvalue weighted by atomic mass is 9.92. The van der Waals surface area contributed by atoms with Gasteiger partial charge in [0.05, 0.1) is 9.95 Å². The van der Waals surface area contributed by atoms with E-state index < -0.39 is 10.8 Å². The molecule has 0 amide bonds. The fourth-order valence-corrected chi connectivity index (χ4v) is 1.87. The molecule has 1 rings (SSSR count). The highest BCUT2D eigenvalue weighted by molar-refractivity contribution is 6.32. The second kappa shape index (κ2) is 5.05. The summed E-state index contributed by atoms with van der Waals surface area (Å²) in [6.45, 7) is 2.56. The van der Waals surface area contributed by atoms with Gasteiger partial charge in [-0.25, -0.2) is 0 Å². The van der Waals surface area contributed by atoms with E-state index in [0.29, 0.717) is 5.56 Å². The van der Waals surface area contributed by atoms with Crippen molar-refractivity contribution < 1.29 is 14.5 Å². The third-order valence-corrected chi connectivity index (χ3v) is 2.65. The van der Waals surface area contributed by atoms with Gasteiger partial charge in [0.1, 0.15) is 17.5 Å². The Labute approximate surface area is 103 Å². The molecule has 5 nitrogen and oxygen atoms in total. The van der Waals surface area contributed by atoms with Crippen LogP contribution in [0.3, 0.4) is 0 Å². The Bertz CT molecular complexity index is 484. The van der Waals surface area contributed by atoms with Gasteiger partial charge in [0.25, 0.3) is 5.69 Å². The minimum Gasteiger partial charge on any atom is -0.299 e. The van der Waals surface area contributed by atoms with Gasteiger partial charge >= 0.3 is 0 Å². The predicted octanol–water partition coefficient (Wildman–Crippen LogP) is 2.51. The maximum atomic E-state index is 11.3. The normalized spacial score (nSPS) is 10.4. The smallest absolute Gasteiger partial charge is 0.270 e. The molecular formula is C11H10ClNO4. The number of benzene rings is 1. The molecule has 90 valence electrons. The van der Waals surface area contributed by atoms with Crippen LogP contribution >= 0.6 is 11.6 Å². The predicted molar refractivity (Wildman–Crippen MR) is 62.2 cm³/mol. The van der Waals surface area contributed by atoms with Crippen molar-refractivity contribution in [3.8, 4) is 0 Å². The van der Waals surface area contributed by atoms with Crippen molar-refractivity contribution in [3.05, 3.63) is 38.9 Å². The molecular weight excluding hydrogens is 246 g/mol. The van der Waals surface area contributed by atoms with Gasteiger partial charge in [0.2, 0.25) is 0 Å². The number of rotatable bonds is 4. The van der Waals surface area contributed by atoms with E-state index in [4.69, 9.17) is 11.6 Å². The van der Waals surface area contributed by atoms with Crippen LogP contribution in [0.15, 0.2) is 18.2 Å². The Morgan fingerprint density at radius 3 is 2.18 bits per heavy atom. The van der Waals surface area contributed by atoms with Gasteiger partial charge in [-0.15, -0.1) is 0 Å². The number of carbonyl (C=O) groups excluding carboxylic acids is 2. The minimum absolute atomic E-state index is 0.0506. The molecule has 0 unspecified atom stereocenters. The largest absolute Gasteiger partial charge is 0.299 e. The molecule has 0 saturated carbocycles. The number of non-ortho nitro benzene ring substituents is 1. The van der Waals surface area contributed by atoms with E-state index in [1.807, 2.05) is 0 Å². The van der Waals surface area contributed by atoms with Gasteiger partial charge in [-0.3, -0.25) is 19.7 Å². The number of nitrogens with zero attached hydrogens (tertiary/aromatic N) is 1. The standard InChI is InChI=1S/C11H10ClNO4/c1-6(14)11(7(2)15)9-4-3-8(13(16)17)5-10(9)12/h3-5,11H,1-2H3. The fourth-order valence-electron chi connectivity index (χ4n) is 1.59. The van der Waals surface area contributed by atoms with Gasteiger partial charge in [-0.2, -0.15) is 0 Å². The van der Waals surface area contributed by atoms with Crippen LogP contribution in [0.2, 0.25) is 5.02 Å². The molecule has 1 aromatic rings. The average molecular weight is 256 g/mol. The van der Waals surface area contributed by atoms with Crippen molar-refractivity contribution in [2.24, 2.45) is 0 Å². The molecule has 0 aliphatic heterocycles. The number of hydrogen-bond acceptors (Lipinski definition) is 4. The maximum Gasteiger partial charge on any atom is 0.270 e. The van der Waals surface area contributed by atoms with Crippen molar-refractivity contribution in [3.63, 3.8) is 0 Å². The molecule has 17 heavy (non-hydrogen) atoms. The number of ketones is 2. The van der Waals surface area contributed by atoms with Crippen molar-refractivity contribution in [2.75, 3.05) is 0 Å². The summed E-state index contributed by atoms with van der Waals surface area (Å²) in [5.74, 6) is -1.63. The third-order valence-electron chi connectivity index (χ3n) is 2.32. The molecule has 0 radical (unpaired) electrons. The maximum absolute atomic E-state index is 11.3. The molecule has 0 atom stereocenters. The van der Waals surface area contributed by atoms with Gasteiger partial charge in [0, 0.05) is 12.1 Å². The SMILES string of the molecule is CC(=O)C(C(C)=O)c1ccc([N+](=O)[O-])cc1Cl. The highest BCUT2D eigenvalue weighted by Crippen LogP contribution is 2.29. The average Bonchev–Trinajstić information content (AvgIpc) is 2.19. The Morgan fingerprint density at radius 1 is 1.29 bits per heavy atom. The first-order valence-electron chi connectivity index (χ1n) is 4.79. The van der Waals surface area contributed by atoms with Gasteiger partial charge < -0.3 is 0 Å². The summed E-state index contributed by atoms with van der Waals surface area (Å²) in [6, 6.07) is 3.70. The van der Waals surface area contributed by atoms with Crippen LogP contribution < -0.4 is 0 Å². The first kappa shape index (κ1) is 13.3. The van der Waals surface area contributed by atoms with Crippen LogP contribution in [0, 0.1) is 10.1 Å². The van der Waals surface area contributed by atoms with E-state index in [1.54, 1.807) is 0 Å². The van der Waals surface area contributed by atoms with Crippen molar-refractivity contribution in [1.82, 2.24) is 0 Å². The van der Waals surface area contributed by atoms with E-state index in [2.05, 4.69) is 0 Å². The highest BCUT2D eigenvalue weighted by Gasteiger charge is 2.25. The summed E-state index contributed by atoms with van der Waals surface area (Å²) in [5.41, 5.74) is 0.127. The molecule has 6 heteroatoms. The molecule has 0 aliphatic carbocycles. The zero-order valence-electron chi connectivity index (χ0n) is 9.27. The number of halogens is 1.